The van der Waals surface area contributed by atoms with E-state index < -0.39 is 0 Å². The predicted molar refractivity (Wildman–Crippen MR) is 79.4 cm³/mol. The van der Waals surface area contributed by atoms with Crippen LogP contribution in [0, 0.1) is 11.8 Å². The van der Waals surface area contributed by atoms with Crippen molar-refractivity contribution in [2.45, 2.75) is 45.2 Å². The van der Waals surface area contributed by atoms with E-state index in [0.29, 0.717) is 12.1 Å². The van der Waals surface area contributed by atoms with E-state index >= 15 is 0 Å². The molecule has 1 heterocycles. The van der Waals surface area contributed by atoms with Crippen LogP contribution in [-0.4, -0.2) is 30.6 Å². The summed E-state index contributed by atoms with van der Waals surface area (Å²) >= 11 is 0. The molecule has 2 atom stereocenters. The fraction of sp³-hybridized carbons (Fsp3) is 0.529. The van der Waals surface area contributed by atoms with Crippen LogP contribution < -0.4 is 4.74 Å². The van der Waals surface area contributed by atoms with Crippen LogP contribution in [0.5, 0.6) is 5.75 Å². The zero-order valence-corrected chi connectivity index (χ0v) is 12.1. The smallest absolute Gasteiger partial charge is 0.118 e. The van der Waals surface area contributed by atoms with Gasteiger partial charge in [0, 0.05) is 17.6 Å². The van der Waals surface area contributed by atoms with Gasteiger partial charge in [-0.1, -0.05) is 18.3 Å². The lowest BCUT2D eigenvalue weighted by atomic mass is 9.98. The van der Waals surface area contributed by atoms with Gasteiger partial charge in [-0.25, -0.2) is 0 Å². The van der Waals surface area contributed by atoms with Crippen molar-refractivity contribution in [3.05, 3.63) is 29.8 Å². The van der Waals surface area contributed by atoms with Crippen molar-refractivity contribution in [1.29, 1.82) is 0 Å². The van der Waals surface area contributed by atoms with Crippen LogP contribution in [0.25, 0.3) is 0 Å². The van der Waals surface area contributed by atoms with Gasteiger partial charge in [0.25, 0.3) is 0 Å². The fourth-order valence-corrected chi connectivity index (χ4v) is 2.69. The van der Waals surface area contributed by atoms with E-state index in [-0.39, 0.29) is 0 Å². The molecule has 102 valence electrons. The summed E-state index contributed by atoms with van der Waals surface area (Å²) in [6, 6.07) is 9.25. The molecule has 1 aliphatic heterocycles. The zero-order valence-electron chi connectivity index (χ0n) is 12.1. The van der Waals surface area contributed by atoms with Gasteiger partial charge in [-0.3, -0.25) is 4.90 Å². The molecule has 1 aliphatic rings. The van der Waals surface area contributed by atoms with Gasteiger partial charge in [0.05, 0.1) is 13.7 Å². The minimum atomic E-state index is 0.661. The van der Waals surface area contributed by atoms with Crippen molar-refractivity contribution < 1.29 is 4.74 Å². The number of piperidine rings is 1. The highest BCUT2D eigenvalue weighted by atomic mass is 16.5. The molecule has 0 N–H and O–H groups in total. The average Bonchev–Trinajstić information content (AvgIpc) is 2.43. The van der Waals surface area contributed by atoms with Gasteiger partial charge in [-0.15, -0.1) is 0 Å². The van der Waals surface area contributed by atoms with E-state index in [1.165, 1.54) is 19.3 Å². The molecule has 2 unspecified atom stereocenters. The van der Waals surface area contributed by atoms with E-state index in [1.54, 1.807) is 7.11 Å². The first-order valence-electron chi connectivity index (χ1n) is 7.09. The van der Waals surface area contributed by atoms with E-state index in [1.807, 2.05) is 24.3 Å². The van der Waals surface area contributed by atoms with Gasteiger partial charge < -0.3 is 4.74 Å². The highest BCUT2D eigenvalue weighted by Gasteiger charge is 2.23. The molecule has 0 amide bonds. The standard InChI is InChI=1S/C17H23NO/c1-14-6-4-7-15(2)18(14)13-5-8-16-9-11-17(19-3)12-10-16/h9-12,14-15H,4,6-7,13H2,1-3H3. The number of hydrogen-bond acceptors (Lipinski definition) is 2. The summed E-state index contributed by atoms with van der Waals surface area (Å²) in [6.45, 7) is 5.49. The Morgan fingerprint density at radius 3 is 2.37 bits per heavy atom. The zero-order chi connectivity index (χ0) is 13.7. The molecule has 2 rings (SSSR count). The molecule has 1 aromatic carbocycles. The van der Waals surface area contributed by atoms with Crippen molar-refractivity contribution in [2.75, 3.05) is 13.7 Å². The molecule has 2 nitrogen and oxygen atoms in total. The summed E-state index contributed by atoms with van der Waals surface area (Å²) in [4.78, 5) is 2.51. The Hall–Kier alpha value is -1.46. The van der Waals surface area contributed by atoms with Crippen molar-refractivity contribution in [1.82, 2.24) is 4.90 Å². The Morgan fingerprint density at radius 1 is 1.16 bits per heavy atom. The molecule has 0 aromatic heterocycles. The number of methoxy groups -OCH3 is 1. The SMILES string of the molecule is COc1ccc(C#CCN2C(C)CCCC2C)cc1. The third kappa shape index (κ3) is 3.75. The number of benzene rings is 1. The van der Waals surface area contributed by atoms with Crippen LogP contribution in [-0.2, 0) is 0 Å². The molecule has 1 aromatic rings. The summed E-state index contributed by atoms with van der Waals surface area (Å²) < 4.78 is 5.14. The summed E-state index contributed by atoms with van der Waals surface area (Å²) in [5, 5.41) is 0. The molecular formula is C17H23NO. The third-order valence-corrected chi connectivity index (χ3v) is 3.96. The van der Waals surface area contributed by atoms with E-state index in [9.17, 15) is 0 Å². The number of ether oxygens (including phenoxy) is 1. The van der Waals surface area contributed by atoms with Crippen LogP contribution >= 0.6 is 0 Å². The third-order valence-electron chi connectivity index (χ3n) is 3.96. The summed E-state index contributed by atoms with van der Waals surface area (Å²) in [5.74, 6) is 7.42. The molecule has 0 saturated carbocycles. The Kier molecular flexibility index (Phi) is 4.87. The predicted octanol–water partition coefficient (Wildman–Crippen LogP) is 3.31. The second kappa shape index (κ2) is 6.63. The summed E-state index contributed by atoms with van der Waals surface area (Å²) in [7, 11) is 1.68. The lowest BCUT2D eigenvalue weighted by Gasteiger charge is -2.37. The molecule has 2 heteroatoms. The van der Waals surface area contributed by atoms with Crippen molar-refractivity contribution >= 4 is 0 Å². The maximum absolute atomic E-state index is 5.14. The van der Waals surface area contributed by atoms with Crippen molar-refractivity contribution in [2.24, 2.45) is 0 Å². The van der Waals surface area contributed by atoms with E-state index in [2.05, 4.69) is 30.6 Å². The van der Waals surface area contributed by atoms with Crippen LogP contribution in [0.3, 0.4) is 0 Å². The number of rotatable bonds is 2. The maximum atomic E-state index is 5.14. The van der Waals surface area contributed by atoms with Crippen LogP contribution in [0.1, 0.15) is 38.7 Å². The quantitative estimate of drug-likeness (QED) is 0.754. The Morgan fingerprint density at radius 2 is 1.79 bits per heavy atom. The van der Waals surface area contributed by atoms with Crippen LogP contribution in [0.15, 0.2) is 24.3 Å². The average molecular weight is 257 g/mol. The molecule has 0 radical (unpaired) electrons. The molecule has 0 spiro atoms. The molecule has 19 heavy (non-hydrogen) atoms. The molecule has 0 aliphatic carbocycles. The van der Waals surface area contributed by atoms with Crippen molar-refractivity contribution in [3.63, 3.8) is 0 Å². The molecule has 1 saturated heterocycles. The number of hydrogen-bond donors (Lipinski definition) is 0. The Balaban J connectivity index is 1.95. The topological polar surface area (TPSA) is 12.5 Å². The second-order valence-corrected chi connectivity index (χ2v) is 5.33. The van der Waals surface area contributed by atoms with Crippen molar-refractivity contribution in [3.8, 4) is 17.6 Å². The van der Waals surface area contributed by atoms with E-state index in [4.69, 9.17) is 4.74 Å². The van der Waals surface area contributed by atoms with Gasteiger partial charge >= 0.3 is 0 Å². The Bertz CT molecular complexity index is 444. The number of likely N-dealkylation sites (tertiary alicyclic amines) is 1. The highest BCUT2D eigenvalue weighted by molar-refractivity contribution is 5.38. The van der Waals surface area contributed by atoms with Gasteiger partial charge in [0.15, 0.2) is 0 Å². The monoisotopic (exact) mass is 257 g/mol. The summed E-state index contributed by atoms with van der Waals surface area (Å²) in [5.41, 5.74) is 1.05. The minimum Gasteiger partial charge on any atom is -0.497 e. The first kappa shape index (κ1) is 14.0. The summed E-state index contributed by atoms with van der Waals surface area (Å²) in [6.07, 6.45) is 3.95. The second-order valence-electron chi connectivity index (χ2n) is 5.33. The number of nitrogens with zero attached hydrogens (tertiary/aromatic N) is 1. The minimum absolute atomic E-state index is 0.661. The molecule has 1 fully saturated rings. The lowest BCUT2D eigenvalue weighted by molar-refractivity contribution is 0.121. The first-order chi connectivity index (χ1) is 9.20. The van der Waals surface area contributed by atoms with Crippen LogP contribution in [0.4, 0.5) is 0 Å². The molecular weight excluding hydrogens is 234 g/mol. The van der Waals surface area contributed by atoms with Gasteiger partial charge in [0.1, 0.15) is 5.75 Å². The maximum Gasteiger partial charge on any atom is 0.118 e. The van der Waals surface area contributed by atoms with Gasteiger partial charge in [-0.05, 0) is 51.0 Å². The lowest BCUT2D eigenvalue weighted by Crippen LogP contribution is -2.43. The normalized spacial score (nSPS) is 23.5. The first-order valence-corrected chi connectivity index (χ1v) is 7.09. The van der Waals surface area contributed by atoms with E-state index in [0.717, 1.165) is 17.9 Å². The van der Waals surface area contributed by atoms with Gasteiger partial charge in [0.2, 0.25) is 0 Å². The Labute approximate surface area is 116 Å². The highest BCUT2D eigenvalue weighted by Crippen LogP contribution is 2.21. The van der Waals surface area contributed by atoms with Crippen LogP contribution in [0.2, 0.25) is 0 Å². The fourth-order valence-electron chi connectivity index (χ4n) is 2.69. The van der Waals surface area contributed by atoms with Gasteiger partial charge in [-0.2, -0.15) is 0 Å². The largest absolute Gasteiger partial charge is 0.497 e. The molecule has 0 bridgehead atoms.